The maximum atomic E-state index is 13.7. The van der Waals surface area contributed by atoms with Crippen molar-refractivity contribution in [3.8, 4) is 0 Å². The molecule has 1 amide bonds. The molecule has 0 aliphatic heterocycles. The van der Waals surface area contributed by atoms with Crippen molar-refractivity contribution in [1.82, 2.24) is 4.90 Å². The van der Waals surface area contributed by atoms with Gasteiger partial charge in [-0.1, -0.05) is 24.3 Å². The van der Waals surface area contributed by atoms with Crippen molar-refractivity contribution in [2.45, 2.75) is 30.3 Å². The minimum atomic E-state index is -2.94. The molecule has 10 nitrogen and oxygen atoms in total. The first-order valence-electron chi connectivity index (χ1n) is 9.94. The number of aliphatic hydroxyl groups is 5. The Bertz CT molecular complexity index is 1130. The van der Waals surface area contributed by atoms with Crippen LogP contribution in [0.25, 0.3) is 5.76 Å². The predicted octanol–water partition coefficient (Wildman–Crippen LogP) is -1.11. The molecule has 170 valence electrons. The number of rotatable bonds is 2. The number of primary amides is 1. The second-order valence-corrected chi connectivity index (χ2v) is 8.91. The topological polar surface area (TPSA) is 182 Å². The van der Waals surface area contributed by atoms with Gasteiger partial charge in [0.05, 0.1) is 35.2 Å². The van der Waals surface area contributed by atoms with Crippen LogP contribution in [0.4, 0.5) is 0 Å². The van der Waals surface area contributed by atoms with E-state index in [1.807, 2.05) is 0 Å². The summed E-state index contributed by atoms with van der Waals surface area (Å²) < 4.78 is 0. The predicted molar refractivity (Wildman–Crippen MR) is 110 cm³/mol. The maximum absolute atomic E-state index is 13.7. The summed E-state index contributed by atoms with van der Waals surface area (Å²) in [6.07, 6.45) is -1.79. The van der Waals surface area contributed by atoms with Gasteiger partial charge in [-0.05, 0) is 26.6 Å². The summed E-state index contributed by atoms with van der Waals surface area (Å²) in [6, 6.07) is 4.72. The molecule has 1 fully saturated rings. The number of hydrogen-bond donors (Lipinski definition) is 6. The van der Waals surface area contributed by atoms with Crippen LogP contribution < -0.4 is 5.73 Å². The fourth-order valence-corrected chi connectivity index (χ4v) is 5.53. The Morgan fingerprint density at radius 3 is 2.28 bits per heavy atom. The summed E-state index contributed by atoms with van der Waals surface area (Å²) in [5, 5.41) is 56.0. The third-order valence-electron chi connectivity index (χ3n) is 6.94. The van der Waals surface area contributed by atoms with Gasteiger partial charge >= 0.3 is 0 Å². The lowest BCUT2D eigenvalue weighted by Gasteiger charge is -2.55. The maximum Gasteiger partial charge on any atom is 0.255 e. The van der Waals surface area contributed by atoms with E-state index in [4.69, 9.17) is 5.73 Å². The van der Waals surface area contributed by atoms with Crippen LogP contribution in [-0.2, 0) is 20.0 Å². The smallest absolute Gasteiger partial charge is 0.255 e. The number of carbonyl (C=O) groups is 3. The van der Waals surface area contributed by atoms with Crippen molar-refractivity contribution in [3.63, 3.8) is 0 Å². The van der Waals surface area contributed by atoms with Gasteiger partial charge in [-0.3, -0.25) is 19.3 Å². The monoisotopic (exact) mass is 444 g/mol. The minimum absolute atomic E-state index is 0.112. The van der Waals surface area contributed by atoms with Gasteiger partial charge in [-0.15, -0.1) is 0 Å². The Labute approximate surface area is 182 Å². The zero-order valence-corrected chi connectivity index (χ0v) is 17.6. The molecule has 0 radical (unpaired) electrons. The molecule has 10 heteroatoms. The number of nitrogens with two attached hydrogens (primary N) is 1. The van der Waals surface area contributed by atoms with Gasteiger partial charge in [0.15, 0.2) is 11.4 Å². The van der Waals surface area contributed by atoms with E-state index >= 15 is 0 Å². The van der Waals surface area contributed by atoms with Crippen LogP contribution in [-0.4, -0.2) is 79.7 Å². The lowest BCUT2D eigenvalue weighted by molar-refractivity contribution is -0.181. The van der Waals surface area contributed by atoms with Crippen LogP contribution >= 0.6 is 0 Å². The highest BCUT2D eigenvalue weighted by molar-refractivity contribution is 6.24. The summed E-state index contributed by atoms with van der Waals surface area (Å²) in [7, 11) is 2.86. The van der Waals surface area contributed by atoms with Crippen LogP contribution in [0.3, 0.4) is 0 Å². The fourth-order valence-electron chi connectivity index (χ4n) is 5.53. The molecular weight excluding hydrogens is 420 g/mol. The van der Waals surface area contributed by atoms with Gasteiger partial charge in [-0.25, -0.2) is 0 Å². The fraction of sp³-hybridized carbons (Fsp3) is 0.409. The molecule has 0 bridgehead atoms. The quantitative estimate of drug-likeness (QED) is 0.308. The molecule has 0 spiro atoms. The summed E-state index contributed by atoms with van der Waals surface area (Å²) in [5.41, 5.74) is -0.672. The largest absolute Gasteiger partial charge is 0.508 e. The van der Waals surface area contributed by atoms with Crippen molar-refractivity contribution in [3.05, 3.63) is 52.3 Å². The highest BCUT2D eigenvalue weighted by Crippen LogP contribution is 2.56. The Balaban J connectivity index is 2.09. The molecular formula is C22H24N2O8. The van der Waals surface area contributed by atoms with Gasteiger partial charge in [-0.2, -0.15) is 0 Å². The molecule has 1 aromatic carbocycles. The molecule has 7 N–H and O–H groups in total. The second-order valence-electron chi connectivity index (χ2n) is 8.91. The summed E-state index contributed by atoms with van der Waals surface area (Å²) >= 11 is 0. The number of carbonyl (C=O) groups excluding carboxylic acids is 3. The lowest BCUT2D eigenvalue weighted by Crippen LogP contribution is -2.71. The van der Waals surface area contributed by atoms with Gasteiger partial charge in [0, 0.05) is 5.56 Å². The van der Waals surface area contributed by atoms with E-state index in [0.29, 0.717) is 0 Å². The Morgan fingerprint density at radius 2 is 1.72 bits per heavy atom. The number of nitrogens with zero attached hydrogens (tertiary/aromatic N) is 1. The molecule has 3 aliphatic carbocycles. The van der Waals surface area contributed by atoms with Crippen LogP contribution in [0.2, 0.25) is 0 Å². The molecule has 1 saturated carbocycles. The highest BCUT2D eigenvalue weighted by atomic mass is 16.4. The molecule has 32 heavy (non-hydrogen) atoms. The number of Topliss-reactive ketones (excluding diaryl/α,β-unsaturated/α-hetero) is 2. The Morgan fingerprint density at radius 1 is 1.12 bits per heavy atom. The standard InChI is InChI=1S/C22H24N2O8/c1-21(31)9-7-5-4-6-8(9)15(25)10-12(21)17(27)13-14(24(2)3)16(26)11(20(23)30)19(29)22(13,32)18(10)28/h4-7,12-14,17,25,27,29,31-32H,1-3H3,(H2,23,30). The number of fused-ring (bicyclic) bond motifs is 3. The lowest BCUT2D eigenvalue weighted by atomic mass is 9.53. The van der Waals surface area contributed by atoms with Crippen LogP contribution in [0, 0.1) is 11.8 Å². The van der Waals surface area contributed by atoms with E-state index in [0.717, 1.165) is 0 Å². The van der Waals surface area contributed by atoms with Crippen molar-refractivity contribution in [1.29, 1.82) is 0 Å². The summed E-state index contributed by atoms with van der Waals surface area (Å²) in [5.74, 6) is -8.53. The minimum Gasteiger partial charge on any atom is -0.508 e. The third kappa shape index (κ3) is 2.46. The molecule has 3 aliphatic rings. The van der Waals surface area contributed by atoms with Gasteiger partial charge < -0.3 is 31.3 Å². The first-order valence-corrected chi connectivity index (χ1v) is 9.94. The van der Waals surface area contributed by atoms with E-state index in [1.54, 1.807) is 12.1 Å². The molecule has 0 saturated heterocycles. The first-order chi connectivity index (χ1) is 14.8. The number of ketones is 2. The normalized spacial score (nSPS) is 36.7. The van der Waals surface area contributed by atoms with Crippen LogP contribution in [0.5, 0.6) is 0 Å². The van der Waals surface area contributed by atoms with E-state index in [2.05, 4.69) is 0 Å². The average molecular weight is 444 g/mol. The van der Waals surface area contributed by atoms with Gasteiger partial charge in [0.2, 0.25) is 5.78 Å². The number of amides is 1. The van der Waals surface area contributed by atoms with Crippen molar-refractivity contribution in [2.75, 3.05) is 14.1 Å². The van der Waals surface area contributed by atoms with E-state index < -0.39 is 75.3 Å². The second kappa shape index (κ2) is 6.72. The van der Waals surface area contributed by atoms with Crippen molar-refractivity contribution >= 4 is 23.2 Å². The van der Waals surface area contributed by atoms with Crippen LogP contribution in [0.15, 0.2) is 41.2 Å². The zero-order valence-electron chi connectivity index (χ0n) is 17.6. The van der Waals surface area contributed by atoms with Crippen molar-refractivity contribution in [2.24, 2.45) is 17.6 Å². The molecule has 0 heterocycles. The van der Waals surface area contributed by atoms with E-state index in [1.165, 1.54) is 38.1 Å². The average Bonchev–Trinajstić information content (AvgIpc) is 2.70. The SMILES string of the molecule is CN(C)C1C(=O)C(C(N)=O)=C(O)C2(O)C(=O)C3=C(O)c4ccccc4C(C)(O)C3C(O)C12. The number of hydrogen-bond acceptors (Lipinski definition) is 9. The molecule has 4 rings (SSSR count). The number of aliphatic hydroxyl groups excluding tert-OH is 3. The Hall–Kier alpha value is -3.05. The van der Waals surface area contributed by atoms with E-state index in [9.17, 15) is 39.9 Å². The van der Waals surface area contributed by atoms with Gasteiger partial charge in [0.1, 0.15) is 17.1 Å². The summed E-state index contributed by atoms with van der Waals surface area (Å²) in [6.45, 7) is 1.35. The molecule has 0 aromatic heterocycles. The molecule has 6 unspecified atom stereocenters. The molecule has 1 aromatic rings. The summed E-state index contributed by atoms with van der Waals surface area (Å²) in [4.78, 5) is 39.9. The Kier molecular flexibility index (Phi) is 4.65. The van der Waals surface area contributed by atoms with Gasteiger partial charge in [0.25, 0.3) is 5.91 Å². The zero-order chi connectivity index (χ0) is 23.9. The third-order valence-corrected chi connectivity index (χ3v) is 6.94. The van der Waals surface area contributed by atoms with Crippen molar-refractivity contribution < 1.29 is 39.9 Å². The van der Waals surface area contributed by atoms with Crippen LogP contribution in [0.1, 0.15) is 18.1 Å². The first kappa shape index (κ1) is 22.2. The number of likely N-dealkylation sites (N-methyl/N-ethyl adjacent to an activating group) is 1. The number of benzene rings is 1. The van der Waals surface area contributed by atoms with E-state index in [-0.39, 0.29) is 11.1 Å². The highest BCUT2D eigenvalue weighted by Gasteiger charge is 2.69. The molecule has 6 atom stereocenters.